The summed E-state index contributed by atoms with van der Waals surface area (Å²) in [6, 6.07) is 5.58. The standard InChI is InChI=1S/C17H23FN2O3/c18-14-7-2-6-13(10-14)15(21)11-16(22)19-8-3-9-20-17(23)12-4-1-5-12/h2,6-7,10,12,15,21H,1,3-5,8-9,11H2,(H,19,22)(H,20,23). The number of rotatable bonds is 8. The predicted octanol–water partition coefficient (Wildman–Crippen LogP) is 1.67. The molecule has 1 aromatic carbocycles. The Kier molecular flexibility index (Phi) is 6.52. The van der Waals surface area contributed by atoms with Crippen LogP contribution in [0.2, 0.25) is 0 Å². The maximum atomic E-state index is 13.1. The van der Waals surface area contributed by atoms with Gasteiger partial charge in [-0.05, 0) is 37.0 Å². The summed E-state index contributed by atoms with van der Waals surface area (Å²) >= 11 is 0. The van der Waals surface area contributed by atoms with Crippen LogP contribution in [0.3, 0.4) is 0 Å². The van der Waals surface area contributed by atoms with E-state index in [0.29, 0.717) is 25.1 Å². The van der Waals surface area contributed by atoms with E-state index >= 15 is 0 Å². The molecule has 6 heteroatoms. The molecule has 2 rings (SSSR count). The molecule has 0 radical (unpaired) electrons. The van der Waals surface area contributed by atoms with E-state index in [4.69, 9.17) is 0 Å². The number of amides is 2. The maximum absolute atomic E-state index is 13.1. The van der Waals surface area contributed by atoms with Crippen molar-refractivity contribution in [2.75, 3.05) is 13.1 Å². The lowest BCUT2D eigenvalue weighted by Crippen LogP contribution is -2.36. The number of hydrogen-bond donors (Lipinski definition) is 3. The van der Waals surface area contributed by atoms with Crippen molar-refractivity contribution in [3.05, 3.63) is 35.6 Å². The molecule has 1 saturated carbocycles. The van der Waals surface area contributed by atoms with Crippen LogP contribution in [-0.4, -0.2) is 30.0 Å². The summed E-state index contributed by atoms with van der Waals surface area (Å²) in [5.41, 5.74) is 0.382. The van der Waals surface area contributed by atoms with Gasteiger partial charge in [-0.15, -0.1) is 0 Å². The highest BCUT2D eigenvalue weighted by atomic mass is 19.1. The van der Waals surface area contributed by atoms with E-state index in [0.717, 1.165) is 19.3 Å². The molecule has 5 nitrogen and oxygen atoms in total. The van der Waals surface area contributed by atoms with Crippen LogP contribution in [0.1, 0.15) is 43.8 Å². The number of nitrogens with one attached hydrogen (secondary N) is 2. The number of carbonyl (C=O) groups is 2. The van der Waals surface area contributed by atoms with Crippen LogP contribution in [-0.2, 0) is 9.59 Å². The minimum atomic E-state index is -1.02. The summed E-state index contributed by atoms with van der Waals surface area (Å²) < 4.78 is 13.1. The summed E-state index contributed by atoms with van der Waals surface area (Å²) in [6.07, 6.45) is 2.57. The molecule has 1 aliphatic rings. The van der Waals surface area contributed by atoms with Gasteiger partial charge in [-0.25, -0.2) is 4.39 Å². The minimum Gasteiger partial charge on any atom is -0.388 e. The Morgan fingerprint density at radius 3 is 2.65 bits per heavy atom. The smallest absolute Gasteiger partial charge is 0.223 e. The number of halogens is 1. The van der Waals surface area contributed by atoms with Gasteiger partial charge in [-0.1, -0.05) is 18.6 Å². The van der Waals surface area contributed by atoms with Crippen molar-refractivity contribution in [1.29, 1.82) is 0 Å². The van der Waals surface area contributed by atoms with Crippen LogP contribution >= 0.6 is 0 Å². The molecule has 1 aromatic rings. The first-order valence-electron chi connectivity index (χ1n) is 8.04. The van der Waals surface area contributed by atoms with Gasteiger partial charge in [0.1, 0.15) is 5.82 Å². The number of carbonyl (C=O) groups excluding carboxylic acids is 2. The Balaban J connectivity index is 1.58. The van der Waals surface area contributed by atoms with E-state index < -0.39 is 11.9 Å². The van der Waals surface area contributed by atoms with Crippen LogP contribution in [0.25, 0.3) is 0 Å². The molecule has 1 atom stereocenters. The molecule has 0 spiro atoms. The third-order valence-corrected chi connectivity index (χ3v) is 4.06. The van der Waals surface area contributed by atoms with Gasteiger partial charge in [-0.3, -0.25) is 9.59 Å². The van der Waals surface area contributed by atoms with Gasteiger partial charge in [0.15, 0.2) is 0 Å². The van der Waals surface area contributed by atoms with Crippen molar-refractivity contribution in [1.82, 2.24) is 10.6 Å². The van der Waals surface area contributed by atoms with Gasteiger partial charge in [0.25, 0.3) is 0 Å². The zero-order valence-corrected chi connectivity index (χ0v) is 13.1. The average molecular weight is 322 g/mol. The molecule has 3 N–H and O–H groups in total. The van der Waals surface area contributed by atoms with Gasteiger partial charge in [0.2, 0.25) is 11.8 Å². The van der Waals surface area contributed by atoms with E-state index in [9.17, 15) is 19.1 Å². The fraction of sp³-hybridized carbons (Fsp3) is 0.529. The molecular weight excluding hydrogens is 299 g/mol. The van der Waals surface area contributed by atoms with E-state index in [-0.39, 0.29) is 24.2 Å². The molecule has 0 saturated heterocycles. The highest BCUT2D eigenvalue weighted by molar-refractivity contribution is 5.79. The second-order valence-electron chi connectivity index (χ2n) is 5.90. The molecule has 2 amide bonds. The Morgan fingerprint density at radius 2 is 2.00 bits per heavy atom. The minimum absolute atomic E-state index is 0.101. The topological polar surface area (TPSA) is 78.4 Å². The Hall–Kier alpha value is -1.95. The Morgan fingerprint density at radius 1 is 1.26 bits per heavy atom. The van der Waals surface area contributed by atoms with Gasteiger partial charge >= 0.3 is 0 Å². The first-order chi connectivity index (χ1) is 11.1. The molecule has 1 fully saturated rings. The van der Waals surface area contributed by atoms with Gasteiger partial charge in [-0.2, -0.15) is 0 Å². The third kappa shape index (κ3) is 5.63. The third-order valence-electron chi connectivity index (χ3n) is 4.06. The number of hydrogen-bond acceptors (Lipinski definition) is 3. The Bertz CT molecular complexity index is 546. The maximum Gasteiger partial charge on any atom is 0.223 e. The van der Waals surface area contributed by atoms with E-state index in [2.05, 4.69) is 10.6 Å². The van der Waals surface area contributed by atoms with Crippen LogP contribution in [0.5, 0.6) is 0 Å². The van der Waals surface area contributed by atoms with Gasteiger partial charge < -0.3 is 15.7 Å². The lowest BCUT2D eigenvalue weighted by Gasteiger charge is -2.24. The molecule has 1 unspecified atom stereocenters. The number of benzene rings is 1. The first-order valence-corrected chi connectivity index (χ1v) is 8.04. The van der Waals surface area contributed by atoms with Crippen molar-refractivity contribution >= 4 is 11.8 Å². The van der Waals surface area contributed by atoms with Crippen LogP contribution in [0, 0.1) is 11.7 Å². The highest BCUT2D eigenvalue weighted by Gasteiger charge is 2.24. The zero-order valence-electron chi connectivity index (χ0n) is 13.1. The van der Waals surface area contributed by atoms with Crippen LogP contribution in [0.15, 0.2) is 24.3 Å². The van der Waals surface area contributed by atoms with Gasteiger partial charge in [0, 0.05) is 19.0 Å². The molecule has 1 aliphatic carbocycles. The van der Waals surface area contributed by atoms with Crippen molar-refractivity contribution in [3.8, 4) is 0 Å². The summed E-state index contributed by atoms with van der Waals surface area (Å²) in [5, 5.41) is 15.4. The lowest BCUT2D eigenvalue weighted by atomic mass is 9.85. The predicted molar refractivity (Wildman–Crippen MR) is 84.0 cm³/mol. The Labute approximate surface area is 135 Å². The molecule has 23 heavy (non-hydrogen) atoms. The van der Waals surface area contributed by atoms with Crippen molar-refractivity contribution in [2.24, 2.45) is 5.92 Å². The fourth-order valence-corrected chi connectivity index (χ4v) is 2.42. The molecule has 0 aliphatic heterocycles. The number of aliphatic hydroxyl groups excluding tert-OH is 1. The highest BCUT2D eigenvalue weighted by Crippen LogP contribution is 2.26. The monoisotopic (exact) mass is 322 g/mol. The molecular formula is C17H23FN2O3. The summed E-state index contributed by atoms with van der Waals surface area (Å²) in [7, 11) is 0. The van der Waals surface area contributed by atoms with E-state index in [1.807, 2.05) is 0 Å². The first kappa shape index (κ1) is 17.4. The largest absolute Gasteiger partial charge is 0.388 e. The van der Waals surface area contributed by atoms with E-state index in [1.165, 1.54) is 18.2 Å². The summed E-state index contributed by atoms with van der Waals surface area (Å²) in [5.74, 6) is -0.466. The van der Waals surface area contributed by atoms with Crippen LogP contribution < -0.4 is 10.6 Å². The number of aliphatic hydroxyl groups is 1. The lowest BCUT2D eigenvalue weighted by molar-refractivity contribution is -0.127. The van der Waals surface area contributed by atoms with Gasteiger partial charge in [0.05, 0.1) is 12.5 Å². The van der Waals surface area contributed by atoms with Crippen molar-refractivity contribution < 1.29 is 19.1 Å². The average Bonchev–Trinajstić information content (AvgIpc) is 2.45. The molecule has 0 bridgehead atoms. The zero-order chi connectivity index (χ0) is 16.7. The second-order valence-corrected chi connectivity index (χ2v) is 5.90. The molecule has 126 valence electrons. The second kappa shape index (κ2) is 8.62. The van der Waals surface area contributed by atoms with Crippen molar-refractivity contribution in [3.63, 3.8) is 0 Å². The summed E-state index contributed by atoms with van der Waals surface area (Å²) in [4.78, 5) is 23.3. The fourth-order valence-electron chi connectivity index (χ4n) is 2.42. The van der Waals surface area contributed by atoms with Crippen molar-refractivity contribution in [2.45, 2.75) is 38.2 Å². The SMILES string of the molecule is O=C(CC(O)c1cccc(F)c1)NCCCNC(=O)C1CCC1. The van der Waals surface area contributed by atoms with Crippen LogP contribution in [0.4, 0.5) is 4.39 Å². The summed E-state index contributed by atoms with van der Waals surface area (Å²) in [6.45, 7) is 0.960. The molecule has 0 heterocycles. The van der Waals surface area contributed by atoms with E-state index in [1.54, 1.807) is 6.07 Å². The molecule has 0 aromatic heterocycles. The quantitative estimate of drug-likeness (QED) is 0.637. The normalized spacial score (nSPS) is 15.6.